The Kier molecular flexibility index (Phi) is 6.49. The van der Waals surface area contributed by atoms with E-state index in [2.05, 4.69) is 33.4 Å². The van der Waals surface area contributed by atoms with Gasteiger partial charge in [-0.25, -0.2) is 0 Å². The maximum atomic E-state index is 11.9. The molecule has 2 aromatic rings. The molecule has 2 rings (SSSR count). The highest BCUT2D eigenvalue weighted by molar-refractivity contribution is 9.10. The van der Waals surface area contributed by atoms with E-state index in [0.717, 1.165) is 15.1 Å². The van der Waals surface area contributed by atoms with E-state index in [-0.39, 0.29) is 5.91 Å². The number of rotatable bonds is 6. The quantitative estimate of drug-likeness (QED) is 0.770. The second-order valence-corrected chi connectivity index (χ2v) is 6.73. The first kappa shape index (κ1) is 17.1. The molecular formula is C17H18BrNO2S. The standard InChI is InChI=1S/C17H18BrNO2S/c1-3-21-12(2)17(20)19-14-6-10-16(11-7-14)22-15-8-4-13(18)5-9-15/h4-12H,3H2,1-2H3,(H,19,20). The van der Waals surface area contributed by atoms with Gasteiger partial charge in [-0.15, -0.1) is 0 Å². The second kappa shape index (κ2) is 8.36. The van der Waals surface area contributed by atoms with Gasteiger partial charge < -0.3 is 10.1 Å². The number of hydrogen-bond donors (Lipinski definition) is 1. The van der Waals surface area contributed by atoms with E-state index >= 15 is 0 Å². The van der Waals surface area contributed by atoms with Crippen LogP contribution in [0.4, 0.5) is 5.69 Å². The first-order valence-electron chi connectivity index (χ1n) is 7.04. The van der Waals surface area contributed by atoms with Gasteiger partial charge in [0.25, 0.3) is 5.91 Å². The first-order chi connectivity index (χ1) is 10.6. The van der Waals surface area contributed by atoms with Gasteiger partial charge in [-0.3, -0.25) is 4.79 Å². The molecule has 1 unspecified atom stereocenters. The highest BCUT2D eigenvalue weighted by Gasteiger charge is 2.12. The summed E-state index contributed by atoms with van der Waals surface area (Å²) in [5.74, 6) is -0.129. The van der Waals surface area contributed by atoms with Crippen LogP contribution in [0.1, 0.15) is 13.8 Å². The predicted molar refractivity (Wildman–Crippen MR) is 94.4 cm³/mol. The number of amides is 1. The van der Waals surface area contributed by atoms with Crippen molar-refractivity contribution in [1.82, 2.24) is 0 Å². The average molecular weight is 380 g/mol. The highest BCUT2D eigenvalue weighted by atomic mass is 79.9. The normalized spacial score (nSPS) is 12.0. The van der Waals surface area contributed by atoms with Gasteiger partial charge in [0.05, 0.1) is 0 Å². The van der Waals surface area contributed by atoms with Gasteiger partial charge in [-0.2, -0.15) is 0 Å². The second-order valence-electron chi connectivity index (χ2n) is 4.67. The lowest BCUT2D eigenvalue weighted by Crippen LogP contribution is -2.27. The summed E-state index contributed by atoms with van der Waals surface area (Å²) < 4.78 is 6.34. The van der Waals surface area contributed by atoms with Crippen LogP contribution in [-0.4, -0.2) is 18.6 Å². The molecule has 0 saturated heterocycles. The lowest BCUT2D eigenvalue weighted by atomic mass is 10.3. The van der Waals surface area contributed by atoms with Crippen molar-refractivity contribution in [2.45, 2.75) is 29.7 Å². The zero-order valence-corrected chi connectivity index (χ0v) is 14.9. The van der Waals surface area contributed by atoms with E-state index < -0.39 is 6.10 Å². The number of carbonyl (C=O) groups is 1. The summed E-state index contributed by atoms with van der Waals surface area (Å²) in [6.45, 7) is 4.14. The van der Waals surface area contributed by atoms with Crippen LogP contribution in [0.25, 0.3) is 0 Å². The molecule has 0 aliphatic heterocycles. The summed E-state index contributed by atoms with van der Waals surface area (Å²) in [6.07, 6.45) is -0.443. The Morgan fingerprint density at radius 3 is 2.23 bits per heavy atom. The Balaban J connectivity index is 1.95. The molecule has 1 atom stereocenters. The summed E-state index contributed by atoms with van der Waals surface area (Å²) in [6, 6.07) is 16.0. The van der Waals surface area contributed by atoms with Crippen LogP contribution in [-0.2, 0) is 9.53 Å². The number of benzene rings is 2. The van der Waals surface area contributed by atoms with E-state index in [4.69, 9.17) is 4.74 Å². The zero-order valence-electron chi connectivity index (χ0n) is 12.5. The molecule has 0 bridgehead atoms. The number of halogens is 1. The Morgan fingerprint density at radius 1 is 1.14 bits per heavy atom. The molecule has 3 nitrogen and oxygen atoms in total. The summed E-state index contributed by atoms with van der Waals surface area (Å²) >= 11 is 5.11. The number of hydrogen-bond acceptors (Lipinski definition) is 3. The summed E-state index contributed by atoms with van der Waals surface area (Å²) in [4.78, 5) is 14.2. The third-order valence-corrected chi connectivity index (χ3v) is 4.50. The predicted octanol–water partition coefficient (Wildman–Crippen LogP) is 4.96. The Bertz CT molecular complexity index is 614. The minimum Gasteiger partial charge on any atom is -0.369 e. The van der Waals surface area contributed by atoms with Crippen LogP contribution in [0.2, 0.25) is 0 Å². The molecule has 0 spiro atoms. The van der Waals surface area contributed by atoms with Gasteiger partial charge >= 0.3 is 0 Å². The number of anilines is 1. The van der Waals surface area contributed by atoms with Gasteiger partial charge in [0.2, 0.25) is 0 Å². The molecule has 22 heavy (non-hydrogen) atoms. The fourth-order valence-electron chi connectivity index (χ4n) is 1.81. The largest absolute Gasteiger partial charge is 0.369 e. The molecule has 0 fully saturated rings. The first-order valence-corrected chi connectivity index (χ1v) is 8.65. The third kappa shape index (κ3) is 5.16. The van der Waals surface area contributed by atoms with Crippen molar-refractivity contribution in [1.29, 1.82) is 0 Å². The Morgan fingerprint density at radius 2 is 1.68 bits per heavy atom. The number of ether oxygens (including phenoxy) is 1. The smallest absolute Gasteiger partial charge is 0.253 e. The van der Waals surface area contributed by atoms with E-state index in [1.54, 1.807) is 18.7 Å². The molecule has 0 heterocycles. The molecule has 5 heteroatoms. The van der Waals surface area contributed by atoms with Crippen LogP contribution >= 0.6 is 27.7 Å². The molecule has 2 aromatic carbocycles. The summed E-state index contributed by atoms with van der Waals surface area (Å²) in [5, 5.41) is 2.85. The van der Waals surface area contributed by atoms with Crippen LogP contribution in [0.5, 0.6) is 0 Å². The Hall–Kier alpha value is -1.30. The van der Waals surface area contributed by atoms with Crippen LogP contribution in [0.3, 0.4) is 0 Å². The molecule has 1 N–H and O–H groups in total. The fraction of sp³-hybridized carbons (Fsp3) is 0.235. The minimum atomic E-state index is -0.443. The van der Waals surface area contributed by atoms with Crippen molar-refractivity contribution < 1.29 is 9.53 Å². The molecule has 0 saturated carbocycles. The number of carbonyl (C=O) groups excluding carboxylic acids is 1. The van der Waals surface area contributed by atoms with E-state index in [9.17, 15) is 4.79 Å². The van der Waals surface area contributed by atoms with Crippen LogP contribution in [0, 0.1) is 0 Å². The maximum Gasteiger partial charge on any atom is 0.253 e. The monoisotopic (exact) mass is 379 g/mol. The summed E-state index contributed by atoms with van der Waals surface area (Å²) in [5.41, 5.74) is 0.775. The Labute approximate surface area is 143 Å². The van der Waals surface area contributed by atoms with Crippen LogP contribution in [0.15, 0.2) is 62.8 Å². The van der Waals surface area contributed by atoms with Gasteiger partial charge in [0.1, 0.15) is 6.10 Å². The van der Waals surface area contributed by atoms with Crippen molar-refractivity contribution in [2.24, 2.45) is 0 Å². The molecular weight excluding hydrogens is 362 g/mol. The lowest BCUT2D eigenvalue weighted by molar-refractivity contribution is -0.126. The third-order valence-electron chi connectivity index (χ3n) is 2.96. The summed E-state index contributed by atoms with van der Waals surface area (Å²) in [7, 11) is 0. The SMILES string of the molecule is CCOC(C)C(=O)Nc1ccc(Sc2ccc(Br)cc2)cc1. The van der Waals surface area contributed by atoms with Gasteiger partial charge in [0, 0.05) is 26.6 Å². The molecule has 0 aromatic heterocycles. The van der Waals surface area contributed by atoms with E-state index in [0.29, 0.717) is 6.61 Å². The zero-order chi connectivity index (χ0) is 15.9. The van der Waals surface area contributed by atoms with Crippen molar-refractivity contribution in [3.05, 3.63) is 53.0 Å². The van der Waals surface area contributed by atoms with Crippen LogP contribution < -0.4 is 5.32 Å². The fourth-order valence-corrected chi connectivity index (χ4v) is 2.90. The molecule has 0 aliphatic carbocycles. The topological polar surface area (TPSA) is 38.3 Å². The van der Waals surface area contributed by atoms with Crippen molar-refractivity contribution in [2.75, 3.05) is 11.9 Å². The molecule has 116 valence electrons. The van der Waals surface area contributed by atoms with Crippen molar-refractivity contribution in [3.63, 3.8) is 0 Å². The average Bonchev–Trinajstić information content (AvgIpc) is 2.51. The van der Waals surface area contributed by atoms with Gasteiger partial charge in [-0.1, -0.05) is 27.7 Å². The molecule has 0 radical (unpaired) electrons. The van der Waals surface area contributed by atoms with Crippen molar-refractivity contribution >= 4 is 39.3 Å². The van der Waals surface area contributed by atoms with Gasteiger partial charge in [0.15, 0.2) is 0 Å². The maximum absolute atomic E-state index is 11.9. The van der Waals surface area contributed by atoms with E-state index in [1.807, 2.05) is 43.3 Å². The van der Waals surface area contributed by atoms with Gasteiger partial charge in [-0.05, 0) is 62.4 Å². The lowest BCUT2D eigenvalue weighted by Gasteiger charge is -2.12. The number of nitrogens with one attached hydrogen (secondary N) is 1. The van der Waals surface area contributed by atoms with Crippen molar-refractivity contribution in [3.8, 4) is 0 Å². The van der Waals surface area contributed by atoms with E-state index in [1.165, 1.54) is 4.90 Å². The molecule has 1 amide bonds. The minimum absolute atomic E-state index is 0.129. The highest BCUT2D eigenvalue weighted by Crippen LogP contribution is 2.29. The molecule has 0 aliphatic rings.